The molecular formula is C34H27ClN2O4. The van der Waals surface area contributed by atoms with Gasteiger partial charge in [0.05, 0.1) is 23.7 Å². The molecule has 1 amide bonds. The van der Waals surface area contributed by atoms with Crippen LogP contribution in [0.1, 0.15) is 28.4 Å². The lowest BCUT2D eigenvalue weighted by molar-refractivity contribution is -0.137. The van der Waals surface area contributed by atoms with E-state index in [9.17, 15) is 14.7 Å². The third-order valence-electron chi connectivity index (χ3n) is 6.45. The van der Waals surface area contributed by atoms with Gasteiger partial charge in [-0.3, -0.25) is 9.59 Å². The fraction of sp³-hybridized carbons (Fsp3) is 0.0588. The quantitative estimate of drug-likeness (QED) is 0.159. The molecule has 5 aromatic rings. The Kier molecular flexibility index (Phi) is 8.62. The zero-order valence-electron chi connectivity index (χ0n) is 22.0. The summed E-state index contributed by atoms with van der Waals surface area (Å²) in [6, 6.07) is 38.3. The third kappa shape index (κ3) is 7.12. The normalized spacial score (nSPS) is 11.3. The van der Waals surface area contributed by atoms with Crippen molar-refractivity contribution in [2.45, 2.75) is 12.5 Å². The van der Waals surface area contributed by atoms with E-state index in [0.29, 0.717) is 27.6 Å². The molecule has 0 saturated heterocycles. The molecule has 0 aromatic heterocycles. The second kappa shape index (κ2) is 12.9. The minimum atomic E-state index is -1.03. The highest BCUT2D eigenvalue weighted by Gasteiger charge is 2.21. The van der Waals surface area contributed by atoms with E-state index in [1.165, 1.54) is 0 Å². The molecule has 0 radical (unpaired) electrons. The van der Waals surface area contributed by atoms with E-state index in [1.807, 2.05) is 109 Å². The van der Waals surface area contributed by atoms with Gasteiger partial charge in [-0.25, -0.2) is 0 Å². The predicted octanol–water partition coefficient (Wildman–Crippen LogP) is 8.49. The van der Waals surface area contributed by atoms with Crippen LogP contribution in [0.2, 0.25) is 5.02 Å². The summed E-state index contributed by atoms with van der Waals surface area (Å²) >= 11 is 6.23. The van der Waals surface area contributed by atoms with Crippen LogP contribution in [0, 0.1) is 0 Å². The number of rotatable bonds is 10. The number of hydrogen-bond acceptors (Lipinski definition) is 4. The maximum atomic E-state index is 13.5. The number of amides is 1. The molecule has 7 heteroatoms. The van der Waals surface area contributed by atoms with Crippen LogP contribution in [-0.4, -0.2) is 17.0 Å². The number of carbonyl (C=O) groups excluding carboxylic acids is 1. The Hall–Kier alpha value is -5.07. The lowest BCUT2D eigenvalue weighted by Crippen LogP contribution is -2.30. The molecule has 5 aromatic carbocycles. The number of carboxylic acid groups (broad SMARTS) is 1. The van der Waals surface area contributed by atoms with E-state index in [-0.39, 0.29) is 6.42 Å². The molecule has 0 spiro atoms. The van der Waals surface area contributed by atoms with E-state index < -0.39 is 17.9 Å². The first-order valence-electron chi connectivity index (χ1n) is 13.0. The number of nitrogens with one attached hydrogen (secondary N) is 2. The van der Waals surface area contributed by atoms with Crippen molar-refractivity contribution in [2.75, 3.05) is 5.32 Å². The van der Waals surface area contributed by atoms with Gasteiger partial charge in [0.1, 0.15) is 11.5 Å². The standard InChI is InChI=1S/C34H27ClN2O4/c35-25-19-20-30(36-26-9-3-1-4-10-26)29(21-25)34(40)37-31(22-33(38)39)24-17-15-23(16-18-24)28-13-7-8-14-32(28)41-27-11-5-2-6-12-27/h1-21,31,36H,22H2,(H,37,40)(H,38,39). The summed E-state index contributed by atoms with van der Waals surface area (Å²) < 4.78 is 6.11. The van der Waals surface area contributed by atoms with E-state index in [0.717, 1.165) is 22.6 Å². The SMILES string of the molecule is O=C(O)CC(NC(=O)c1cc(Cl)ccc1Nc1ccccc1)c1ccc(-c2ccccc2Oc2ccccc2)cc1. The highest BCUT2D eigenvalue weighted by Crippen LogP contribution is 2.34. The molecule has 0 aliphatic heterocycles. The molecule has 0 fully saturated rings. The van der Waals surface area contributed by atoms with Crippen molar-refractivity contribution in [3.63, 3.8) is 0 Å². The predicted molar refractivity (Wildman–Crippen MR) is 162 cm³/mol. The average molecular weight is 563 g/mol. The molecule has 0 saturated carbocycles. The van der Waals surface area contributed by atoms with Crippen LogP contribution in [0.15, 0.2) is 127 Å². The molecule has 3 N–H and O–H groups in total. The minimum Gasteiger partial charge on any atom is -0.481 e. The smallest absolute Gasteiger partial charge is 0.305 e. The number of aliphatic carboxylic acids is 1. The lowest BCUT2D eigenvalue weighted by atomic mass is 9.98. The second-order valence-corrected chi connectivity index (χ2v) is 9.77. The van der Waals surface area contributed by atoms with Crippen LogP contribution < -0.4 is 15.4 Å². The van der Waals surface area contributed by atoms with Gasteiger partial charge < -0.3 is 20.5 Å². The Morgan fingerprint density at radius 2 is 1.44 bits per heavy atom. The molecule has 0 bridgehead atoms. The number of para-hydroxylation sites is 3. The van der Waals surface area contributed by atoms with E-state index in [2.05, 4.69) is 10.6 Å². The van der Waals surface area contributed by atoms with Gasteiger partial charge in [0.2, 0.25) is 0 Å². The molecule has 41 heavy (non-hydrogen) atoms. The van der Waals surface area contributed by atoms with Crippen LogP contribution in [-0.2, 0) is 4.79 Å². The van der Waals surface area contributed by atoms with Crippen molar-refractivity contribution in [3.8, 4) is 22.6 Å². The maximum absolute atomic E-state index is 13.5. The summed E-state index contributed by atoms with van der Waals surface area (Å²) in [6.45, 7) is 0. The second-order valence-electron chi connectivity index (χ2n) is 9.34. The number of anilines is 2. The van der Waals surface area contributed by atoms with Crippen molar-refractivity contribution >= 4 is 34.9 Å². The van der Waals surface area contributed by atoms with Gasteiger partial charge in [-0.1, -0.05) is 90.5 Å². The van der Waals surface area contributed by atoms with Crippen molar-refractivity contribution in [3.05, 3.63) is 144 Å². The van der Waals surface area contributed by atoms with E-state index in [1.54, 1.807) is 18.2 Å². The summed E-state index contributed by atoms with van der Waals surface area (Å²) in [5.74, 6) is -0.0539. The summed E-state index contributed by atoms with van der Waals surface area (Å²) in [6.07, 6.45) is -0.291. The molecule has 204 valence electrons. The highest BCUT2D eigenvalue weighted by atomic mass is 35.5. The Morgan fingerprint density at radius 3 is 2.15 bits per heavy atom. The van der Waals surface area contributed by atoms with Crippen LogP contribution in [0.5, 0.6) is 11.5 Å². The average Bonchev–Trinajstić information content (AvgIpc) is 2.99. The Morgan fingerprint density at radius 1 is 0.780 bits per heavy atom. The molecule has 0 aliphatic rings. The van der Waals surface area contributed by atoms with Crippen LogP contribution in [0.25, 0.3) is 11.1 Å². The Balaban J connectivity index is 1.39. The molecular weight excluding hydrogens is 536 g/mol. The van der Waals surface area contributed by atoms with Gasteiger partial charge >= 0.3 is 5.97 Å². The van der Waals surface area contributed by atoms with Crippen molar-refractivity contribution in [1.29, 1.82) is 0 Å². The van der Waals surface area contributed by atoms with E-state index >= 15 is 0 Å². The van der Waals surface area contributed by atoms with Gasteiger partial charge in [0.15, 0.2) is 0 Å². The van der Waals surface area contributed by atoms with Crippen LogP contribution in [0.3, 0.4) is 0 Å². The monoisotopic (exact) mass is 562 g/mol. The van der Waals surface area contributed by atoms with Gasteiger partial charge in [0.25, 0.3) is 5.91 Å². The molecule has 5 rings (SSSR count). The lowest BCUT2D eigenvalue weighted by Gasteiger charge is -2.20. The molecule has 1 unspecified atom stereocenters. The summed E-state index contributed by atoms with van der Waals surface area (Å²) in [5.41, 5.74) is 4.10. The van der Waals surface area contributed by atoms with E-state index in [4.69, 9.17) is 16.3 Å². The highest BCUT2D eigenvalue weighted by molar-refractivity contribution is 6.31. The van der Waals surface area contributed by atoms with Crippen LogP contribution >= 0.6 is 11.6 Å². The minimum absolute atomic E-state index is 0.291. The fourth-order valence-electron chi connectivity index (χ4n) is 4.46. The summed E-state index contributed by atoms with van der Waals surface area (Å²) in [4.78, 5) is 25.2. The number of ether oxygens (including phenoxy) is 1. The fourth-order valence-corrected chi connectivity index (χ4v) is 4.63. The van der Waals surface area contributed by atoms with Gasteiger partial charge in [-0.2, -0.15) is 0 Å². The summed E-state index contributed by atoms with van der Waals surface area (Å²) in [5, 5.41) is 16.2. The number of halogens is 1. The third-order valence-corrected chi connectivity index (χ3v) is 6.68. The number of carbonyl (C=O) groups is 2. The maximum Gasteiger partial charge on any atom is 0.305 e. The zero-order valence-corrected chi connectivity index (χ0v) is 22.7. The van der Waals surface area contributed by atoms with Crippen LogP contribution in [0.4, 0.5) is 11.4 Å². The first-order valence-corrected chi connectivity index (χ1v) is 13.4. The van der Waals surface area contributed by atoms with Gasteiger partial charge in [-0.15, -0.1) is 0 Å². The molecule has 0 aliphatic carbocycles. The number of hydrogen-bond donors (Lipinski definition) is 3. The van der Waals surface area contributed by atoms with Crippen molar-refractivity contribution in [1.82, 2.24) is 5.32 Å². The first kappa shape index (κ1) is 27.5. The number of benzene rings is 5. The Bertz CT molecular complexity index is 1640. The first-order chi connectivity index (χ1) is 20.0. The zero-order chi connectivity index (χ0) is 28.6. The van der Waals surface area contributed by atoms with Gasteiger partial charge in [0, 0.05) is 16.3 Å². The topological polar surface area (TPSA) is 87.7 Å². The largest absolute Gasteiger partial charge is 0.481 e. The van der Waals surface area contributed by atoms with Gasteiger partial charge in [-0.05, 0) is 59.7 Å². The Labute approximate surface area is 243 Å². The number of carboxylic acids is 1. The molecule has 0 heterocycles. The molecule has 1 atom stereocenters. The summed E-state index contributed by atoms with van der Waals surface area (Å²) in [7, 11) is 0. The van der Waals surface area contributed by atoms with Crippen molar-refractivity contribution < 1.29 is 19.4 Å². The molecule has 6 nitrogen and oxygen atoms in total. The van der Waals surface area contributed by atoms with Crippen molar-refractivity contribution in [2.24, 2.45) is 0 Å².